The molecule has 5 nitrogen and oxygen atoms in total. The molecule has 2 aromatic rings. The predicted octanol–water partition coefficient (Wildman–Crippen LogP) is 2.65. The molecule has 0 aliphatic carbocycles. The molecular formula is C18H18N2O3. The normalized spacial score (nSPS) is 9.74. The summed E-state index contributed by atoms with van der Waals surface area (Å²) >= 11 is 0. The topological polar surface area (TPSA) is 71.3 Å². The molecule has 0 unspecified atom stereocenters. The number of para-hydroxylation sites is 2. The molecule has 5 heteroatoms. The molecule has 0 aliphatic heterocycles. The van der Waals surface area contributed by atoms with Crippen LogP contribution < -0.4 is 14.8 Å². The Hall–Kier alpha value is -3.00. The Morgan fingerprint density at radius 2 is 1.74 bits per heavy atom. The second-order valence-electron chi connectivity index (χ2n) is 4.75. The quantitative estimate of drug-likeness (QED) is 0.853. The van der Waals surface area contributed by atoms with Crippen LogP contribution in [0.15, 0.2) is 48.5 Å². The van der Waals surface area contributed by atoms with Crippen LogP contribution in [0.3, 0.4) is 0 Å². The van der Waals surface area contributed by atoms with Crippen LogP contribution in [0.4, 0.5) is 0 Å². The average Bonchev–Trinajstić information content (AvgIpc) is 2.60. The van der Waals surface area contributed by atoms with Gasteiger partial charge in [0.1, 0.15) is 0 Å². The maximum Gasteiger partial charge on any atom is 0.258 e. The van der Waals surface area contributed by atoms with Gasteiger partial charge in [-0.25, -0.2) is 0 Å². The number of amides is 1. The van der Waals surface area contributed by atoms with Crippen LogP contribution in [0.1, 0.15) is 18.1 Å². The fraction of sp³-hybridized carbons (Fsp3) is 0.222. The maximum atomic E-state index is 11.9. The summed E-state index contributed by atoms with van der Waals surface area (Å²) in [5.41, 5.74) is 1.52. The summed E-state index contributed by atoms with van der Waals surface area (Å²) in [6.45, 7) is 2.73. The third kappa shape index (κ3) is 5.04. The van der Waals surface area contributed by atoms with Crippen molar-refractivity contribution in [3.63, 3.8) is 0 Å². The van der Waals surface area contributed by atoms with Crippen molar-refractivity contribution in [2.75, 3.05) is 13.2 Å². The van der Waals surface area contributed by atoms with Crippen LogP contribution >= 0.6 is 0 Å². The van der Waals surface area contributed by atoms with Crippen LogP contribution in [0.5, 0.6) is 11.5 Å². The summed E-state index contributed by atoms with van der Waals surface area (Å²) in [6, 6.07) is 16.3. The van der Waals surface area contributed by atoms with Gasteiger partial charge < -0.3 is 14.8 Å². The van der Waals surface area contributed by atoms with E-state index in [0.29, 0.717) is 30.2 Å². The van der Waals surface area contributed by atoms with E-state index in [1.807, 2.05) is 31.2 Å². The van der Waals surface area contributed by atoms with Crippen molar-refractivity contribution >= 4 is 5.91 Å². The Labute approximate surface area is 135 Å². The summed E-state index contributed by atoms with van der Waals surface area (Å²) < 4.78 is 10.9. The van der Waals surface area contributed by atoms with E-state index in [2.05, 4.69) is 11.4 Å². The highest BCUT2D eigenvalue weighted by Gasteiger charge is 2.07. The molecule has 0 saturated heterocycles. The van der Waals surface area contributed by atoms with Gasteiger partial charge in [-0.15, -0.1) is 0 Å². The first-order valence-corrected chi connectivity index (χ1v) is 7.33. The van der Waals surface area contributed by atoms with Crippen molar-refractivity contribution in [3.05, 3.63) is 59.7 Å². The fourth-order valence-corrected chi connectivity index (χ4v) is 1.94. The molecular weight excluding hydrogens is 292 g/mol. The Morgan fingerprint density at radius 1 is 1.09 bits per heavy atom. The summed E-state index contributed by atoms with van der Waals surface area (Å²) in [6.07, 6.45) is 0. The lowest BCUT2D eigenvalue weighted by Gasteiger charge is -2.11. The lowest BCUT2D eigenvalue weighted by molar-refractivity contribution is -0.123. The Balaban J connectivity index is 1.82. The standard InChI is InChI=1S/C18H18N2O3/c1-2-22-16-5-3-4-6-17(16)23-13-18(21)20-12-15-9-7-14(11-19)8-10-15/h3-10H,2,12-13H2,1H3,(H,20,21). The number of carbonyl (C=O) groups is 1. The van der Waals surface area contributed by atoms with Crippen LogP contribution in [-0.4, -0.2) is 19.1 Å². The lowest BCUT2D eigenvalue weighted by atomic mass is 10.1. The number of rotatable bonds is 7. The Kier molecular flexibility index (Phi) is 6.01. The van der Waals surface area contributed by atoms with Gasteiger partial charge in [-0.1, -0.05) is 24.3 Å². The fourth-order valence-electron chi connectivity index (χ4n) is 1.94. The third-order valence-corrected chi connectivity index (χ3v) is 3.08. The second-order valence-corrected chi connectivity index (χ2v) is 4.75. The Bertz CT molecular complexity index is 690. The minimum atomic E-state index is -0.222. The number of ether oxygens (including phenoxy) is 2. The second kappa shape index (κ2) is 8.44. The molecule has 0 atom stereocenters. The van der Waals surface area contributed by atoms with Crippen molar-refractivity contribution in [2.24, 2.45) is 0 Å². The highest BCUT2D eigenvalue weighted by Crippen LogP contribution is 2.26. The molecule has 118 valence electrons. The minimum absolute atomic E-state index is 0.0830. The zero-order valence-electron chi connectivity index (χ0n) is 12.9. The highest BCUT2D eigenvalue weighted by molar-refractivity contribution is 5.77. The molecule has 0 spiro atoms. The van der Waals surface area contributed by atoms with Crippen LogP contribution in [0.25, 0.3) is 0 Å². The van der Waals surface area contributed by atoms with Gasteiger partial charge in [0.15, 0.2) is 18.1 Å². The van der Waals surface area contributed by atoms with E-state index in [1.165, 1.54) is 0 Å². The van der Waals surface area contributed by atoms with E-state index in [4.69, 9.17) is 14.7 Å². The van der Waals surface area contributed by atoms with E-state index < -0.39 is 0 Å². The van der Waals surface area contributed by atoms with Crippen LogP contribution in [-0.2, 0) is 11.3 Å². The molecule has 0 heterocycles. The minimum Gasteiger partial charge on any atom is -0.490 e. The highest BCUT2D eigenvalue weighted by atomic mass is 16.5. The molecule has 0 bridgehead atoms. The van der Waals surface area contributed by atoms with Gasteiger partial charge in [-0.2, -0.15) is 5.26 Å². The van der Waals surface area contributed by atoms with E-state index >= 15 is 0 Å². The summed E-state index contributed by atoms with van der Waals surface area (Å²) in [5, 5.41) is 11.5. The molecule has 2 rings (SSSR count). The lowest BCUT2D eigenvalue weighted by Crippen LogP contribution is -2.28. The van der Waals surface area contributed by atoms with Gasteiger partial charge in [-0.05, 0) is 36.8 Å². The molecule has 1 N–H and O–H groups in total. The smallest absolute Gasteiger partial charge is 0.258 e. The maximum absolute atomic E-state index is 11.9. The first-order chi connectivity index (χ1) is 11.2. The summed E-state index contributed by atoms with van der Waals surface area (Å²) in [4.78, 5) is 11.9. The van der Waals surface area contributed by atoms with Gasteiger partial charge >= 0.3 is 0 Å². The zero-order chi connectivity index (χ0) is 16.5. The van der Waals surface area contributed by atoms with Gasteiger partial charge in [0.2, 0.25) is 0 Å². The first-order valence-electron chi connectivity index (χ1n) is 7.33. The molecule has 23 heavy (non-hydrogen) atoms. The van der Waals surface area contributed by atoms with E-state index in [-0.39, 0.29) is 12.5 Å². The van der Waals surface area contributed by atoms with Crippen molar-refractivity contribution in [1.82, 2.24) is 5.32 Å². The molecule has 2 aromatic carbocycles. The first kappa shape index (κ1) is 16.4. The largest absolute Gasteiger partial charge is 0.490 e. The molecule has 0 aromatic heterocycles. The monoisotopic (exact) mass is 310 g/mol. The summed E-state index contributed by atoms with van der Waals surface area (Å²) in [7, 11) is 0. The number of benzene rings is 2. The molecule has 0 radical (unpaired) electrons. The molecule has 0 saturated carbocycles. The van der Waals surface area contributed by atoms with Gasteiger partial charge in [0.25, 0.3) is 5.91 Å². The number of nitrogens with zero attached hydrogens (tertiary/aromatic N) is 1. The molecule has 0 aliphatic rings. The number of nitriles is 1. The van der Waals surface area contributed by atoms with Crippen LogP contribution in [0, 0.1) is 11.3 Å². The van der Waals surface area contributed by atoms with Gasteiger partial charge in [0, 0.05) is 6.54 Å². The Morgan fingerprint density at radius 3 is 2.35 bits per heavy atom. The van der Waals surface area contributed by atoms with Gasteiger partial charge in [-0.3, -0.25) is 4.79 Å². The zero-order valence-corrected chi connectivity index (χ0v) is 12.9. The van der Waals surface area contributed by atoms with E-state index in [9.17, 15) is 4.79 Å². The molecule has 0 fully saturated rings. The number of nitrogens with one attached hydrogen (secondary N) is 1. The predicted molar refractivity (Wildman–Crippen MR) is 86.1 cm³/mol. The number of hydrogen-bond acceptors (Lipinski definition) is 4. The van der Waals surface area contributed by atoms with E-state index in [0.717, 1.165) is 5.56 Å². The molecule has 1 amide bonds. The van der Waals surface area contributed by atoms with Crippen LogP contribution in [0.2, 0.25) is 0 Å². The summed E-state index contributed by atoms with van der Waals surface area (Å²) in [5.74, 6) is 0.943. The number of carbonyl (C=O) groups excluding carboxylic acids is 1. The van der Waals surface area contributed by atoms with Crippen molar-refractivity contribution in [1.29, 1.82) is 5.26 Å². The van der Waals surface area contributed by atoms with Crippen molar-refractivity contribution in [3.8, 4) is 17.6 Å². The average molecular weight is 310 g/mol. The third-order valence-electron chi connectivity index (χ3n) is 3.08. The number of hydrogen-bond donors (Lipinski definition) is 1. The van der Waals surface area contributed by atoms with Crippen molar-refractivity contribution < 1.29 is 14.3 Å². The van der Waals surface area contributed by atoms with Gasteiger partial charge in [0.05, 0.1) is 18.2 Å². The van der Waals surface area contributed by atoms with E-state index in [1.54, 1.807) is 24.3 Å². The van der Waals surface area contributed by atoms with Crippen molar-refractivity contribution in [2.45, 2.75) is 13.5 Å². The SMILES string of the molecule is CCOc1ccccc1OCC(=O)NCc1ccc(C#N)cc1.